The predicted octanol–water partition coefficient (Wildman–Crippen LogP) is 1.97. The Morgan fingerprint density at radius 2 is 1.40 bits per heavy atom. The fraction of sp³-hybridized carbons (Fsp3) is 1.00. The van der Waals surface area contributed by atoms with Gasteiger partial charge in [-0.2, -0.15) is 0 Å². The van der Waals surface area contributed by atoms with Gasteiger partial charge in [-0.25, -0.2) is 0 Å². The Kier molecular flexibility index (Phi) is 9.41. The molecule has 0 aromatic heterocycles. The van der Waals surface area contributed by atoms with E-state index in [0.717, 1.165) is 12.8 Å². The van der Waals surface area contributed by atoms with Crippen LogP contribution in [0.15, 0.2) is 0 Å². The molecule has 0 unspecified atom stereocenters. The number of phosphoric acid groups is 1. The van der Waals surface area contributed by atoms with Gasteiger partial charge in [-0.05, 0) is 6.42 Å². The monoisotopic (exact) mass is 236 g/mol. The molecule has 92 valence electrons. The van der Waals surface area contributed by atoms with Crippen molar-refractivity contribution < 1.29 is 18.9 Å². The number of unbranched alkanes of at least 4 members (excludes halogenated alkanes) is 7. The van der Waals surface area contributed by atoms with Gasteiger partial charge in [0.1, 0.15) is 0 Å². The van der Waals surface area contributed by atoms with Crippen LogP contribution in [-0.4, -0.2) is 6.61 Å². The van der Waals surface area contributed by atoms with E-state index in [9.17, 15) is 14.4 Å². The molecule has 0 heterocycles. The summed E-state index contributed by atoms with van der Waals surface area (Å²) in [4.78, 5) is 20.2. The summed E-state index contributed by atoms with van der Waals surface area (Å²) in [6.07, 6.45) is 8.93. The minimum absolute atomic E-state index is 0.0409. The maximum Gasteiger partial charge on any atom is 0.0596 e. The van der Waals surface area contributed by atoms with E-state index in [1.54, 1.807) is 0 Å². The zero-order valence-electron chi connectivity index (χ0n) is 9.44. The molecule has 0 aromatic carbocycles. The number of phosphoric ester groups is 1. The van der Waals surface area contributed by atoms with E-state index in [4.69, 9.17) is 0 Å². The maximum absolute atomic E-state index is 10.1. The summed E-state index contributed by atoms with van der Waals surface area (Å²) >= 11 is 0. The highest BCUT2D eigenvalue weighted by Crippen LogP contribution is 2.24. The summed E-state index contributed by atoms with van der Waals surface area (Å²) in [6, 6.07) is 0. The van der Waals surface area contributed by atoms with E-state index >= 15 is 0 Å². The molecule has 0 saturated carbocycles. The highest BCUT2D eigenvalue weighted by Gasteiger charge is 1.93. The third-order valence-electron chi connectivity index (χ3n) is 2.25. The van der Waals surface area contributed by atoms with Crippen molar-refractivity contribution in [2.24, 2.45) is 0 Å². The van der Waals surface area contributed by atoms with Gasteiger partial charge in [-0.15, -0.1) is 0 Å². The summed E-state index contributed by atoms with van der Waals surface area (Å²) in [6.45, 7) is 2.22. The first kappa shape index (κ1) is 15.1. The van der Waals surface area contributed by atoms with Crippen molar-refractivity contribution in [3.05, 3.63) is 0 Å². The lowest BCUT2D eigenvalue weighted by Gasteiger charge is -2.28. The molecule has 15 heavy (non-hydrogen) atoms. The van der Waals surface area contributed by atoms with Gasteiger partial charge >= 0.3 is 0 Å². The summed E-state index contributed by atoms with van der Waals surface area (Å²) in [5, 5.41) is 0. The number of hydrogen-bond donors (Lipinski definition) is 0. The molecule has 0 aliphatic carbocycles. The number of hydrogen-bond acceptors (Lipinski definition) is 4. The molecule has 0 aliphatic rings. The Bertz CT molecular complexity index is 178. The van der Waals surface area contributed by atoms with Gasteiger partial charge in [0.2, 0.25) is 0 Å². The van der Waals surface area contributed by atoms with Crippen LogP contribution in [0.2, 0.25) is 0 Å². The van der Waals surface area contributed by atoms with Gasteiger partial charge in [0.05, 0.1) is 14.4 Å². The van der Waals surface area contributed by atoms with Crippen LogP contribution >= 0.6 is 7.82 Å². The van der Waals surface area contributed by atoms with Crippen molar-refractivity contribution in [1.29, 1.82) is 0 Å². The Balaban J connectivity index is 3.02. The van der Waals surface area contributed by atoms with Crippen LogP contribution in [0.25, 0.3) is 0 Å². The Morgan fingerprint density at radius 3 is 1.87 bits per heavy atom. The molecule has 4 nitrogen and oxygen atoms in total. The first-order chi connectivity index (χ1) is 7.06. The van der Waals surface area contributed by atoms with Crippen molar-refractivity contribution in [1.82, 2.24) is 0 Å². The molecule has 0 saturated heterocycles. The third-order valence-corrected chi connectivity index (χ3v) is 2.75. The average Bonchev–Trinajstić information content (AvgIpc) is 2.14. The molecule has 0 bridgehead atoms. The molecule has 0 atom stereocenters. The Labute approximate surface area is 92.3 Å². The second kappa shape index (κ2) is 9.34. The van der Waals surface area contributed by atoms with Gasteiger partial charge in [-0.3, -0.25) is 0 Å². The fourth-order valence-electron chi connectivity index (χ4n) is 1.41. The first-order valence-electron chi connectivity index (χ1n) is 5.73. The quantitative estimate of drug-likeness (QED) is 0.429. The molecule has 0 radical (unpaired) electrons. The van der Waals surface area contributed by atoms with Crippen LogP contribution in [-0.2, 0) is 9.09 Å². The molecule has 5 heteroatoms. The minimum Gasteiger partial charge on any atom is -0.790 e. The zero-order valence-corrected chi connectivity index (χ0v) is 10.3. The molecule has 0 amide bonds. The van der Waals surface area contributed by atoms with Gasteiger partial charge in [0.25, 0.3) is 0 Å². The van der Waals surface area contributed by atoms with Gasteiger partial charge in [0, 0.05) is 0 Å². The summed E-state index contributed by atoms with van der Waals surface area (Å²) < 4.78 is 14.2. The van der Waals surface area contributed by atoms with Crippen LogP contribution in [0.1, 0.15) is 58.3 Å². The Hall–Kier alpha value is 0.110. The van der Waals surface area contributed by atoms with Crippen molar-refractivity contribution in [3.8, 4) is 0 Å². The Morgan fingerprint density at radius 1 is 0.933 bits per heavy atom. The highest BCUT2D eigenvalue weighted by atomic mass is 31.2. The van der Waals surface area contributed by atoms with E-state index in [0.29, 0.717) is 6.42 Å². The smallest absolute Gasteiger partial charge is 0.0596 e. The van der Waals surface area contributed by atoms with Crippen LogP contribution < -0.4 is 9.79 Å². The zero-order chi connectivity index (χ0) is 11.6. The molecule has 0 N–H and O–H groups in total. The maximum atomic E-state index is 10.1. The summed E-state index contributed by atoms with van der Waals surface area (Å²) in [7, 11) is -4.74. The lowest BCUT2D eigenvalue weighted by molar-refractivity contribution is -0.341. The van der Waals surface area contributed by atoms with E-state index in [2.05, 4.69) is 11.4 Å². The van der Waals surface area contributed by atoms with Crippen LogP contribution in [0.5, 0.6) is 0 Å². The van der Waals surface area contributed by atoms with Crippen molar-refractivity contribution in [3.63, 3.8) is 0 Å². The van der Waals surface area contributed by atoms with E-state index < -0.39 is 7.82 Å². The van der Waals surface area contributed by atoms with Crippen molar-refractivity contribution in [2.45, 2.75) is 58.3 Å². The molecule has 0 spiro atoms. The van der Waals surface area contributed by atoms with E-state index in [1.165, 1.54) is 32.1 Å². The van der Waals surface area contributed by atoms with Crippen LogP contribution in [0, 0.1) is 0 Å². The van der Waals surface area contributed by atoms with E-state index in [1.807, 2.05) is 0 Å². The van der Waals surface area contributed by atoms with Gasteiger partial charge in [0.15, 0.2) is 0 Å². The molecular formula is C10H21O4P-2. The minimum atomic E-state index is -4.74. The topological polar surface area (TPSA) is 72.4 Å². The molecular weight excluding hydrogens is 215 g/mol. The van der Waals surface area contributed by atoms with Crippen LogP contribution in [0.4, 0.5) is 0 Å². The normalized spacial score (nSPS) is 11.9. The van der Waals surface area contributed by atoms with Crippen molar-refractivity contribution >= 4 is 7.82 Å². The third kappa shape index (κ3) is 14.1. The molecule has 0 aromatic rings. The van der Waals surface area contributed by atoms with E-state index in [-0.39, 0.29) is 6.61 Å². The van der Waals surface area contributed by atoms with Gasteiger partial charge in [-0.1, -0.05) is 51.9 Å². The second-order valence-corrected chi connectivity index (χ2v) is 4.91. The summed E-state index contributed by atoms with van der Waals surface area (Å²) in [5.41, 5.74) is 0. The first-order valence-corrected chi connectivity index (χ1v) is 7.19. The molecule has 0 rings (SSSR count). The largest absolute Gasteiger partial charge is 0.790 e. The second-order valence-electron chi connectivity index (χ2n) is 3.76. The lowest BCUT2D eigenvalue weighted by atomic mass is 10.1. The lowest BCUT2D eigenvalue weighted by Crippen LogP contribution is -2.16. The fourth-order valence-corrected chi connectivity index (χ4v) is 1.77. The van der Waals surface area contributed by atoms with Crippen molar-refractivity contribution in [2.75, 3.05) is 6.61 Å². The number of rotatable bonds is 10. The average molecular weight is 236 g/mol. The van der Waals surface area contributed by atoms with Crippen LogP contribution in [0.3, 0.4) is 0 Å². The predicted molar refractivity (Wildman–Crippen MR) is 56.2 cm³/mol. The SMILES string of the molecule is CCCCCCCCCCOP(=O)([O-])[O-]. The molecule has 0 fully saturated rings. The molecule has 0 aliphatic heterocycles. The highest BCUT2D eigenvalue weighted by molar-refractivity contribution is 7.43. The standard InChI is InChI=1S/C10H23O4P/c1-2-3-4-5-6-7-8-9-10-14-15(11,12)13/h2-10H2,1H3,(H2,11,12,13)/p-2. The van der Waals surface area contributed by atoms with Gasteiger partial charge < -0.3 is 18.9 Å². The summed E-state index contributed by atoms with van der Waals surface area (Å²) in [5.74, 6) is 0.